The minimum Gasteiger partial charge on any atom is -0.388 e. The zero-order valence-corrected chi connectivity index (χ0v) is 14.2. The van der Waals surface area contributed by atoms with Crippen molar-refractivity contribution in [3.05, 3.63) is 52.6 Å². The number of aromatic amines is 1. The predicted molar refractivity (Wildman–Crippen MR) is 94.3 cm³/mol. The Labute approximate surface area is 145 Å². The van der Waals surface area contributed by atoms with Gasteiger partial charge in [-0.25, -0.2) is 4.98 Å². The number of benzene rings is 1. The first-order valence-electron chi connectivity index (χ1n) is 8.29. The van der Waals surface area contributed by atoms with E-state index in [0.29, 0.717) is 29.7 Å². The molecule has 1 aliphatic rings. The van der Waals surface area contributed by atoms with Gasteiger partial charge in [0.05, 0.1) is 17.6 Å². The van der Waals surface area contributed by atoms with Crippen molar-refractivity contribution in [3.63, 3.8) is 0 Å². The molecule has 0 spiro atoms. The molecule has 1 saturated heterocycles. The second kappa shape index (κ2) is 7.16. The first-order valence-corrected chi connectivity index (χ1v) is 8.29. The number of carbonyl (C=O) groups is 1. The number of likely N-dealkylation sites (tertiary alicyclic amines) is 1. The smallest absolute Gasteiger partial charge is 0.251 e. The highest BCUT2D eigenvalue weighted by Gasteiger charge is 2.31. The van der Waals surface area contributed by atoms with Crippen LogP contribution in [0, 0.1) is 0 Å². The van der Waals surface area contributed by atoms with Gasteiger partial charge in [0, 0.05) is 36.8 Å². The number of piperidine rings is 1. The van der Waals surface area contributed by atoms with E-state index in [9.17, 15) is 14.7 Å². The molecule has 1 fully saturated rings. The van der Waals surface area contributed by atoms with Crippen LogP contribution in [-0.2, 0) is 0 Å². The molecule has 7 heteroatoms. The fourth-order valence-electron chi connectivity index (χ4n) is 2.90. The molecule has 0 unspecified atom stereocenters. The highest BCUT2D eigenvalue weighted by molar-refractivity contribution is 5.95. The molecule has 1 amide bonds. The summed E-state index contributed by atoms with van der Waals surface area (Å²) in [6.45, 7) is 1.86. The van der Waals surface area contributed by atoms with Gasteiger partial charge in [0.2, 0.25) is 0 Å². The molecular formula is C18H22N4O3. The van der Waals surface area contributed by atoms with Gasteiger partial charge < -0.3 is 20.3 Å². The normalized spacial score (nSPS) is 17.2. The average Bonchev–Trinajstić information content (AvgIpc) is 2.63. The van der Waals surface area contributed by atoms with E-state index in [0.717, 1.165) is 13.1 Å². The number of aliphatic hydroxyl groups is 1. The lowest BCUT2D eigenvalue weighted by Gasteiger charge is -2.36. The van der Waals surface area contributed by atoms with Crippen LogP contribution in [0.25, 0.3) is 11.3 Å². The average molecular weight is 342 g/mol. The Kier molecular flexibility index (Phi) is 4.96. The number of rotatable bonds is 4. The molecule has 1 aromatic carbocycles. The monoisotopic (exact) mass is 342 g/mol. The third-order valence-corrected chi connectivity index (χ3v) is 4.59. The largest absolute Gasteiger partial charge is 0.388 e. The molecule has 3 rings (SSSR count). The van der Waals surface area contributed by atoms with Crippen LogP contribution in [0.1, 0.15) is 23.2 Å². The van der Waals surface area contributed by atoms with Crippen molar-refractivity contribution in [2.45, 2.75) is 18.4 Å². The molecule has 25 heavy (non-hydrogen) atoms. The van der Waals surface area contributed by atoms with E-state index in [1.165, 1.54) is 12.4 Å². The second-order valence-electron chi connectivity index (χ2n) is 6.59. The molecule has 0 bridgehead atoms. The molecule has 3 N–H and O–H groups in total. The second-order valence-corrected chi connectivity index (χ2v) is 6.59. The Morgan fingerprint density at radius 3 is 2.84 bits per heavy atom. The van der Waals surface area contributed by atoms with E-state index in [2.05, 4.69) is 20.2 Å². The Balaban J connectivity index is 1.68. The molecule has 1 aliphatic heterocycles. The summed E-state index contributed by atoms with van der Waals surface area (Å²) < 4.78 is 0. The van der Waals surface area contributed by atoms with Crippen molar-refractivity contribution in [2.75, 3.05) is 26.7 Å². The van der Waals surface area contributed by atoms with Crippen molar-refractivity contribution in [3.8, 4) is 11.3 Å². The number of nitrogens with one attached hydrogen (secondary N) is 2. The van der Waals surface area contributed by atoms with E-state index in [1.807, 2.05) is 7.05 Å². The van der Waals surface area contributed by atoms with E-state index in [4.69, 9.17) is 0 Å². The highest BCUT2D eigenvalue weighted by atomic mass is 16.3. The van der Waals surface area contributed by atoms with Gasteiger partial charge in [-0.3, -0.25) is 9.59 Å². The Hall–Kier alpha value is -2.51. The number of hydrogen-bond acceptors (Lipinski definition) is 5. The van der Waals surface area contributed by atoms with Crippen molar-refractivity contribution in [1.29, 1.82) is 0 Å². The van der Waals surface area contributed by atoms with E-state index in [1.54, 1.807) is 24.3 Å². The van der Waals surface area contributed by atoms with Crippen LogP contribution in [-0.4, -0.2) is 58.2 Å². The summed E-state index contributed by atoms with van der Waals surface area (Å²) in [5, 5.41) is 13.4. The molecule has 1 aromatic heterocycles. The third kappa shape index (κ3) is 4.32. The van der Waals surface area contributed by atoms with Gasteiger partial charge >= 0.3 is 0 Å². The summed E-state index contributed by atoms with van der Waals surface area (Å²) in [7, 11) is 2.02. The molecule has 0 atom stereocenters. The molecule has 2 heterocycles. The quantitative estimate of drug-likeness (QED) is 0.757. The van der Waals surface area contributed by atoms with Crippen LogP contribution in [0.15, 0.2) is 41.5 Å². The highest BCUT2D eigenvalue weighted by Crippen LogP contribution is 2.21. The number of hydrogen-bond donors (Lipinski definition) is 3. The SMILES string of the molecule is CN1CCC(O)(CNC(=O)c2cccc(-c3cc(=O)[nH]cn3)c2)CC1. The first-order chi connectivity index (χ1) is 12.0. The first kappa shape index (κ1) is 17.3. The maximum absolute atomic E-state index is 12.4. The van der Waals surface area contributed by atoms with Gasteiger partial charge in [-0.1, -0.05) is 12.1 Å². The Bertz CT molecular complexity index is 810. The van der Waals surface area contributed by atoms with Crippen molar-refractivity contribution in [1.82, 2.24) is 20.2 Å². The van der Waals surface area contributed by atoms with Crippen LogP contribution in [0.2, 0.25) is 0 Å². The Morgan fingerprint density at radius 2 is 2.12 bits per heavy atom. The van der Waals surface area contributed by atoms with Crippen LogP contribution in [0.3, 0.4) is 0 Å². The molecule has 0 aliphatic carbocycles. The number of nitrogens with zero attached hydrogens (tertiary/aromatic N) is 2. The van der Waals surface area contributed by atoms with Gasteiger partial charge in [0.15, 0.2) is 0 Å². The van der Waals surface area contributed by atoms with Crippen molar-refractivity contribution >= 4 is 5.91 Å². The summed E-state index contributed by atoms with van der Waals surface area (Å²) >= 11 is 0. The number of amides is 1. The fraction of sp³-hybridized carbons (Fsp3) is 0.389. The topological polar surface area (TPSA) is 98.3 Å². The summed E-state index contributed by atoms with van der Waals surface area (Å²) in [6.07, 6.45) is 2.61. The van der Waals surface area contributed by atoms with Crippen LogP contribution in [0.4, 0.5) is 0 Å². The van der Waals surface area contributed by atoms with E-state index in [-0.39, 0.29) is 18.0 Å². The van der Waals surface area contributed by atoms with E-state index >= 15 is 0 Å². The molecule has 0 saturated carbocycles. The number of H-pyrrole nitrogens is 1. The summed E-state index contributed by atoms with van der Waals surface area (Å²) in [4.78, 5) is 32.6. The minimum atomic E-state index is -0.853. The van der Waals surface area contributed by atoms with Gasteiger partial charge in [0.1, 0.15) is 0 Å². The van der Waals surface area contributed by atoms with Crippen molar-refractivity contribution in [2.24, 2.45) is 0 Å². The van der Waals surface area contributed by atoms with Crippen LogP contribution >= 0.6 is 0 Å². The zero-order valence-electron chi connectivity index (χ0n) is 14.2. The van der Waals surface area contributed by atoms with Gasteiger partial charge in [0.25, 0.3) is 11.5 Å². The van der Waals surface area contributed by atoms with Gasteiger partial charge in [-0.2, -0.15) is 0 Å². The van der Waals surface area contributed by atoms with Crippen LogP contribution in [0.5, 0.6) is 0 Å². The van der Waals surface area contributed by atoms with Gasteiger partial charge in [-0.15, -0.1) is 0 Å². The van der Waals surface area contributed by atoms with Crippen molar-refractivity contribution < 1.29 is 9.90 Å². The molecular weight excluding hydrogens is 320 g/mol. The molecule has 132 valence electrons. The molecule has 2 aromatic rings. The van der Waals surface area contributed by atoms with E-state index < -0.39 is 5.60 Å². The standard InChI is InChI=1S/C18H22N4O3/c1-22-7-5-18(25,6-8-22)11-19-17(24)14-4-2-3-13(9-14)15-10-16(23)21-12-20-15/h2-4,9-10,12,25H,5-8,11H2,1H3,(H,19,24)(H,20,21,23). The lowest BCUT2D eigenvalue weighted by Crippen LogP contribution is -2.50. The number of aromatic nitrogens is 2. The number of carbonyl (C=O) groups excluding carboxylic acids is 1. The van der Waals surface area contributed by atoms with Crippen LogP contribution < -0.4 is 10.9 Å². The molecule has 7 nitrogen and oxygen atoms in total. The predicted octanol–water partition coefficient (Wildman–Crippen LogP) is 0.623. The zero-order chi connectivity index (χ0) is 17.9. The summed E-state index contributed by atoms with van der Waals surface area (Å²) in [5.41, 5.74) is 0.568. The minimum absolute atomic E-state index is 0.229. The Morgan fingerprint density at radius 1 is 1.36 bits per heavy atom. The summed E-state index contributed by atoms with van der Waals surface area (Å²) in [5.74, 6) is -0.251. The third-order valence-electron chi connectivity index (χ3n) is 4.59. The van der Waals surface area contributed by atoms with Gasteiger partial charge in [-0.05, 0) is 32.0 Å². The lowest BCUT2D eigenvalue weighted by molar-refractivity contribution is -0.0135. The maximum Gasteiger partial charge on any atom is 0.251 e. The summed E-state index contributed by atoms with van der Waals surface area (Å²) in [6, 6.07) is 8.32. The molecule has 0 radical (unpaired) electrons. The lowest BCUT2D eigenvalue weighted by atomic mass is 9.91. The maximum atomic E-state index is 12.4. The fourth-order valence-corrected chi connectivity index (χ4v) is 2.90.